The summed E-state index contributed by atoms with van der Waals surface area (Å²) in [6.45, 7) is 4.81. The Morgan fingerprint density at radius 3 is 2.65 bits per heavy atom. The largest absolute Gasteiger partial charge is 0.495 e. The average molecular weight is 340 g/mol. The average Bonchev–Trinajstić information content (AvgIpc) is 3.19. The maximum atomic E-state index is 12.7. The molecule has 0 aromatic carbocycles. The van der Waals surface area contributed by atoms with E-state index >= 15 is 0 Å². The fourth-order valence-electron chi connectivity index (χ4n) is 2.96. The minimum Gasteiger partial charge on any atom is -0.495 e. The van der Waals surface area contributed by atoms with Crippen LogP contribution in [0.4, 0.5) is 0 Å². The van der Waals surface area contributed by atoms with Crippen LogP contribution in [-0.4, -0.2) is 44.7 Å². The molecule has 2 atom stereocenters. The number of hydrogen-bond acceptors (Lipinski definition) is 6. The highest BCUT2D eigenvalue weighted by molar-refractivity contribution is 7.16. The van der Waals surface area contributed by atoms with E-state index in [4.69, 9.17) is 9.47 Å². The lowest BCUT2D eigenvalue weighted by atomic mass is 10.0. The van der Waals surface area contributed by atoms with Crippen molar-refractivity contribution in [2.75, 3.05) is 20.8 Å². The van der Waals surface area contributed by atoms with E-state index in [-0.39, 0.29) is 11.9 Å². The number of thiophene rings is 1. The lowest BCUT2D eigenvalue weighted by molar-refractivity contribution is 0.0605. The molecule has 0 spiro atoms. The molecule has 1 aromatic rings. The Hall–Kier alpha value is -1.60. The van der Waals surface area contributed by atoms with E-state index in [1.807, 2.05) is 0 Å². The van der Waals surface area contributed by atoms with Crippen molar-refractivity contribution in [1.82, 2.24) is 10.6 Å². The minimum absolute atomic E-state index is 0.0682. The lowest BCUT2D eigenvalue weighted by Gasteiger charge is -2.23. The van der Waals surface area contributed by atoms with Crippen LogP contribution in [0, 0.1) is 6.92 Å². The van der Waals surface area contributed by atoms with E-state index in [0.717, 1.165) is 37.1 Å². The topological polar surface area (TPSA) is 76.7 Å². The molecule has 1 aliphatic rings. The van der Waals surface area contributed by atoms with Crippen molar-refractivity contribution in [3.63, 3.8) is 0 Å². The smallest absolute Gasteiger partial charge is 0.348 e. The molecule has 6 nitrogen and oxygen atoms in total. The van der Waals surface area contributed by atoms with Gasteiger partial charge in [0, 0.05) is 17.6 Å². The molecule has 1 fully saturated rings. The molecule has 1 saturated heterocycles. The van der Waals surface area contributed by atoms with Gasteiger partial charge in [-0.1, -0.05) is 6.92 Å². The Morgan fingerprint density at radius 2 is 2.13 bits per heavy atom. The summed E-state index contributed by atoms with van der Waals surface area (Å²) >= 11 is 1.11. The van der Waals surface area contributed by atoms with Crippen molar-refractivity contribution < 1.29 is 19.1 Å². The van der Waals surface area contributed by atoms with Gasteiger partial charge in [-0.25, -0.2) is 4.79 Å². The van der Waals surface area contributed by atoms with Crippen LogP contribution in [0.3, 0.4) is 0 Å². The molecule has 0 saturated carbocycles. The molecule has 1 amide bonds. The van der Waals surface area contributed by atoms with Gasteiger partial charge in [0.25, 0.3) is 5.91 Å². The summed E-state index contributed by atoms with van der Waals surface area (Å²) in [6, 6.07) is 0.370. The number of ether oxygens (including phenoxy) is 2. The van der Waals surface area contributed by atoms with Crippen molar-refractivity contribution in [3.8, 4) is 5.75 Å². The highest BCUT2D eigenvalue weighted by atomic mass is 32.1. The Balaban J connectivity index is 2.22. The summed E-state index contributed by atoms with van der Waals surface area (Å²) in [5, 5.41) is 6.49. The van der Waals surface area contributed by atoms with Gasteiger partial charge >= 0.3 is 5.97 Å². The zero-order valence-corrected chi connectivity index (χ0v) is 14.8. The predicted octanol–water partition coefficient (Wildman–Crippen LogP) is 2.11. The lowest BCUT2D eigenvalue weighted by Crippen LogP contribution is -2.46. The first-order chi connectivity index (χ1) is 11.0. The predicted molar refractivity (Wildman–Crippen MR) is 89.5 cm³/mol. The zero-order valence-electron chi connectivity index (χ0n) is 14.0. The maximum absolute atomic E-state index is 12.7. The first-order valence-electron chi connectivity index (χ1n) is 7.83. The van der Waals surface area contributed by atoms with E-state index in [1.165, 1.54) is 14.2 Å². The summed E-state index contributed by atoms with van der Waals surface area (Å²) in [5.41, 5.74) is 0.640. The second-order valence-corrected chi connectivity index (χ2v) is 6.62. The van der Waals surface area contributed by atoms with E-state index in [1.54, 1.807) is 6.92 Å². The van der Waals surface area contributed by atoms with Crippen molar-refractivity contribution in [1.29, 1.82) is 0 Å². The van der Waals surface area contributed by atoms with Crippen LogP contribution in [0.5, 0.6) is 5.75 Å². The molecule has 2 unspecified atom stereocenters. The molecule has 2 heterocycles. The van der Waals surface area contributed by atoms with Gasteiger partial charge in [0.15, 0.2) is 0 Å². The number of hydrogen-bond donors (Lipinski definition) is 2. The summed E-state index contributed by atoms with van der Waals surface area (Å²) in [7, 11) is 2.83. The number of rotatable bonds is 6. The van der Waals surface area contributed by atoms with E-state index in [0.29, 0.717) is 27.1 Å². The molecule has 0 bridgehead atoms. The third-order valence-electron chi connectivity index (χ3n) is 4.21. The monoisotopic (exact) mass is 340 g/mol. The quantitative estimate of drug-likeness (QED) is 0.776. The first kappa shape index (κ1) is 17.7. The standard InChI is InChI=1S/C16H24N2O4S/c1-5-10(11-7-6-8-17-11)18-15(19)14-12(21-3)9(2)13(23-14)16(20)22-4/h10-11,17H,5-8H2,1-4H3,(H,18,19). The Morgan fingerprint density at radius 1 is 1.39 bits per heavy atom. The fourth-order valence-corrected chi connectivity index (χ4v) is 4.05. The van der Waals surface area contributed by atoms with Crippen LogP contribution >= 0.6 is 11.3 Å². The molecule has 2 rings (SSSR count). The van der Waals surface area contributed by atoms with Gasteiger partial charge < -0.3 is 20.1 Å². The van der Waals surface area contributed by atoms with Crippen molar-refractivity contribution in [2.45, 2.75) is 45.2 Å². The van der Waals surface area contributed by atoms with Crippen molar-refractivity contribution >= 4 is 23.2 Å². The molecule has 7 heteroatoms. The number of carbonyl (C=O) groups is 2. The zero-order chi connectivity index (χ0) is 17.0. The van der Waals surface area contributed by atoms with Gasteiger partial charge in [-0.3, -0.25) is 4.79 Å². The summed E-state index contributed by atoms with van der Waals surface area (Å²) in [6.07, 6.45) is 3.04. The molecule has 128 valence electrons. The van der Waals surface area contributed by atoms with Crippen LogP contribution in [0.15, 0.2) is 0 Å². The highest BCUT2D eigenvalue weighted by Gasteiger charge is 2.29. The molecule has 1 aromatic heterocycles. The van der Waals surface area contributed by atoms with E-state index in [9.17, 15) is 9.59 Å². The number of carbonyl (C=O) groups excluding carboxylic acids is 2. The molecule has 2 N–H and O–H groups in total. The second-order valence-electron chi connectivity index (χ2n) is 5.60. The van der Waals surface area contributed by atoms with Gasteiger partial charge in [-0.05, 0) is 32.7 Å². The number of esters is 1. The van der Waals surface area contributed by atoms with Crippen LogP contribution < -0.4 is 15.4 Å². The van der Waals surface area contributed by atoms with Crippen LogP contribution in [0.1, 0.15) is 51.1 Å². The summed E-state index contributed by atoms with van der Waals surface area (Å²) in [4.78, 5) is 25.3. The summed E-state index contributed by atoms with van der Waals surface area (Å²) < 4.78 is 10.1. The SMILES string of the molecule is CCC(NC(=O)c1sc(C(=O)OC)c(C)c1OC)C1CCCN1. The van der Waals surface area contributed by atoms with Crippen molar-refractivity contribution in [3.05, 3.63) is 15.3 Å². The Bertz CT molecular complexity index is 579. The van der Waals surface area contributed by atoms with Gasteiger partial charge in [-0.15, -0.1) is 11.3 Å². The Kier molecular flexibility index (Phi) is 6.01. The Labute approximate surface area is 140 Å². The third kappa shape index (κ3) is 3.67. The molecule has 1 aliphatic heterocycles. The van der Waals surface area contributed by atoms with Gasteiger partial charge in [0.2, 0.25) is 0 Å². The third-order valence-corrected chi connectivity index (χ3v) is 5.47. The number of nitrogens with one attached hydrogen (secondary N) is 2. The van der Waals surface area contributed by atoms with E-state index < -0.39 is 5.97 Å². The highest BCUT2D eigenvalue weighted by Crippen LogP contribution is 2.35. The second kappa shape index (κ2) is 7.79. The summed E-state index contributed by atoms with van der Waals surface area (Å²) in [5.74, 6) is -0.206. The maximum Gasteiger partial charge on any atom is 0.348 e. The molecular formula is C16H24N2O4S. The first-order valence-corrected chi connectivity index (χ1v) is 8.65. The van der Waals surface area contributed by atoms with Crippen LogP contribution in [0.25, 0.3) is 0 Å². The van der Waals surface area contributed by atoms with Crippen LogP contribution in [-0.2, 0) is 4.74 Å². The molecule has 0 radical (unpaired) electrons. The number of methoxy groups -OCH3 is 2. The van der Waals surface area contributed by atoms with Crippen LogP contribution in [0.2, 0.25) is 0 Å². The van der Waals surface area contributed by atoms with Crippen molar-refractivity contribution in [2.24, 2.45) is 0 Å². The fraction of sp³-hybridized carbons (Fsp3) is 0.625. The van der Waals surface area contributed by atoms with E-state index in [2.05, 4.69) is 17.6 Å². The minimum atomic E-state index is -0.450. The molecular weight excluding hydrogens is 316 g/mol. The van der Waals surface area contributed by atoms with Gasteiger partial charge in [-0.2, -0.15) is 0 Å². The molecule has 23 heavy (non-hydrogen) atoms. The van der Waals surface area contributed by atoms with Gasteiger partial charge in [0.05, 0.1) is 14.2 Å². The van der Waals surface area contributed by atoms with Gasteiger partial charge in [0.1, 0.15) is 15.5 Å². The molecule has 0 aliphatic carbocycles. The number of amides is 1. The normalized spacial score (nSPS) is 18.5.